The van der Waals surface area contributed by atoms with Crippen LogP contribution in [-0.2, 0) is 15.8 Å². The fraction of sp³-hybridized carbons (Fsp3) is 0.571. The zero-order valence-corrected chi connectivity index (χ0v) is 12.3. The number of fused-ring (bicyclic) bond motifs is 2. The summed E-state index contributed by atoms with van der Waals surface area (Å²) in [6.45, 7) is 0. The molecule has 2 bridgehead atoms. The standard InChI is InChI=1S/C14H18ClNO2S/c15-13-4-2-1-3-12(13)9-19(17,18)16-14-8-10-5-6-11(14)7-10/h1-4,10-11,14,16H,5-9H2. The van der Waals surface area contributed by atoms with Crippen LogP contribution in [-0.4, -0.2) is 14.5 Å². The first-order chi connectivity index (χ1) is 9.03. The van der Waals surface area contributed by atoms with E-state index in [0.717, 1.165) is 12.3 Å². The van der Waals surface area contributed by atoms with Crippen molar-refractivity contribution in [2.75, 3.05) is 0 Å². The van der Waals surface area contributed by atoms with Gasteiger partial charge in [0.15, 0.2) is 0 Å². The molecule has 0 heterocycles. The number of halogens is 1. The van der Waals surface area contributed by atoms with E-state index in [2.05, 4.69) is 4.72 Å². The minimum absolute atomic E-state index is 0.0272. The van der Waals surface area contributed by atoms with Gasteiger partial charge in [0.05, 0.1) is 5.75 Å². The second kappa shape index (κ2) is 5.08. The first kappa shape index (κ1) is 13.4. The van der Waals surface area contributed by atoms with E-state index in [-0.39, 0.29) is 11.8 Å². The molecule has 2 fully saturated rings. The maximum atomic E-state index is 12.2. The first-order valence-corrected chi connectivity index (χ1v) is 8.80. The minimum atomic E-state index is -3.30. The lowest BCUT2D eigenvalue weighted by molar-refractivity contribution is 0.390. The third-order valence-electron chi connectivity index (χ3n) is 4.37. The number of sulfonamides is 1. The molecule has 2 aliphatic rings. The molecule has 3 nitrogen and oxygen atoms in total. The van der Waals surface area contributed by atoms with Crippen LogP contribution in [0.4, 0.5) is 0 Å². The van der Waals surface area contributed by atoms with Crippen LogP contribution in [0.25, 0.3) is 0 Å². The molecular formula is C14H18ClNO2S. The second-order valence-corrected chi connectivity index (χ2v) is 7.91. The van der Waals surface area contributed by atoms with Crippen LogP contribution in [0.2, 0.25) is 5.02 Å². The fourth-order valence-corrected chi connectivity index (χ4v) is 5.26. The van der Waals surface area contributed by atoms with Crippen molar-refractivity contribution in [2.45, 2.75) is 37.5 Å². The highest BCUT2D eigenvalue weighted by Crippen LogP contribution is 2.44. The van der Waals surface area contributed by atoms with Crippen molar-refractivity contribution in [3.63, 3.8) is 0 Å². The first-order valence-electron chi connectivity index (χ1n) is 6.77. The Morgan fingerprint density at radius 1 is 1.21 bits per heavy atom. The lowest BCUT2D eigenvalue weighted by Crippen LogP contribution is -2.39. The average molecular weight is 300 g/mol. The Morgan fingerprint density at radius 2 is 2.00 bits per heavy atom. The molecule has 0 aliphatic heterocycles. The number of hydrogen-bond donors (Lipinski definition) is 1. The molecule has 1 N–H and O–H groups in total. The van der Waals surface area contributed by atoms with E-state index >= 15 is 0 Å². The van der Waals surface area contributed by atoms with E-state index in [9.17, 15) is 8.42 Å². The molecule has 1 aromatic rings. The summed E-state index contributed by atoms with van der Waals surface area (Å²) in [4.78, 5) is 0. The number of hydrogen-bond acceptors (Lipinski definition) is 2. The van der Waals surface area contributed by atoms with Gasteiger partial charge in [-0.1, -0.05) is 36.2 Å². The van der Waals surface area contributed by atoms with Crippen LogP contribution in [0.1, 0.15) is 31.2 Å². The van der Waals surface area contributed by atoms with Crippen molar-refractivity contribution in [3.05, 3.63) is 34.9 Å². The van der Waals surface area contributed by atoms with E-state index < -0.39 is 10.0 Å². The van der Waals surface area contributed by atoms with Crippen molar-refractivity contribution >= 4 is 21.6 Å². The predicted molar refractivity (Wildman–Crippen MR) is 76.4 cm³/mol. The zero-order chi connectivity index (χ0) is 13.5. The van der Waals surface area contributed by atoms with Crippen molar-refractivity contribution < 1.29 is 8.42 Å². The van der Waals surface area contributed by atoms with Gasteiger partial charge in [-0.15, -0.1) is 0 Å². The van der Waals surface area contributed by atoms with Gasteiger partial charge in [-0.3, -0.25) is 0 Å². The number of benzene rings is 1. The van der Waals surface area contributed by atoms with E-state index in [0.29, 0.717) is 16.5 Å². The van der Waals surface area contributed by atoms with E-state index in [1.54, 1.807) is 12.1 Å². The Morgan fingerprint density at radius 3 is 2.63 bits per heavy atom. The van der Waals surface area contributed by atoms with Crippen LogP contribution >= 0.6 is 11.6 Å². The average Bonchev–Trinajstić information content (AvgIpc) is 2.93. The fourth-order valence-electron chi connectivity index (χ4n) is 3.48. The quantitative estimate of drug-likeness (QED) is 0.929. The van der Waals surface area contributed by atoms with Gasteiger partial charge in [0, 0.05) is 11.1 Å². The molecule has 0 amide bonds. The maximum absolute atomic E-state index is 12.2. The molecule has 0 aromatic heterocycles. The molecular weight excluding hydrogens is 282 g/mol. The summed E-state index contributed by atoms with van der Waals surface area (Å²) in [5.74, 6) is 1.25. The van der Waals surface area contributed by atoms with E-state index in [1.807, 2.05) is 12.1 Å². The summed E-state index contributed by atoms with van der Waals surface area (Å²) in [6, 6.07) is 7.26. The Labute approximate surface area is 119 Å². The van der Waals surface area contributed by atoms with Gasteiger partial charge in [0.2, 0.25) is 10.0 Å². The Bertz CT molecular complexity index is 573. The highest BCUT2D eigenvalue weighted by molar-refractivity contribution is 7.88. The summed E-state index contributed by atoms with van der Waals surface area (Å²) in [6.07, 6.45) is 4.64. The predicted octanol–water partition coefficient (Wildman–Crippen LogP) is 2.95. The molecule has 2 saturated carbocycles. The third-order valence-corrected chi connectivity index (χ3v) is 6.09. The molecule has 5 heteroatoms. The van der Waals surface area contributed by atoms with Crippen LogP contribution in [0.5, 0.6) is 0 Å². The van der Waals surface area contributed by atoms with Gasteiger partial charge in [-0.05, 0) is 42.7 Å². The molecule has 104 valence electrons. The lowest BCUT2D eigenvalue weighted by Gasteiger charge is -2.22. The van der Waals surface area contributed by atoms with E-state index in [4.69, 9.17) is 11.6 Å². The lowest BCUT2D eigenvalue weighted by atomic mass is 9.96. The summed E-state index contributed by atoms with van der Waals surface area (Å²) in [5.41, 5.74) is 0.667. The molecule has 0 spiro atoms. The largest absolute Gasteiger partial charge is 0.216 e. The number of nitrogens with one attached hydrogen (secondary N) is 1. The van der Waals surface area contributed by atoms with Crippen LogP contribution < -0.4 is 4.72 Å². The summed E-state index contributed by atoms with van der Waals surface area (Å²) in [7, 11) is -3.30. The van der Waals surface area contributed by atoms with Crippen LogP contribution in [0.15, 0.2) is 24.3 Å². The maximum Gasteiger partial charge on any atom is 0.216 e. The van der Waals surface area contributed by atoms with Gasteiger partial charge in [-0.25, -0.2) is 13.1 Å². The van der Waals surface area contributed by atoms with Crippen molar-refractivity contribution in [3.8, 4) is 0 Å². The molecule has 3 unspecified atom stereocenters. The van der Waals surface area contributed by atoms with Gasteiger partial charge in [-0.2, -0.15) is 0 Å². The Hall–Kier alpha value is -0.580. The monoisotopic (exact) mass is 299 g/mol. The van der Waals surface area contributed by atoms with Gasteiger partial charge in [0.25, 0.3) is 0 Å². The van der Waals surface area contributed by atoms with Crippen molar-refractivity contribution in [1.82, 2.24) is 4.72 Å². The Balaban J connectivity index is 1.68. The van der Waals surface area contributed by atoms with Crippen LogP contribution in [0, 0.1) is 11.8 Å². The summed E-state index contributed by atoms with van der Waals surface area (Å²) >= 11 is 6.02. The van der Waals surface area contributed by atoms with Crippen molar-refractivity contribution in [1.29, 1.82) is 0 Å². The smallest absolute Gasteiger partial charge is 0.212 e. The normalized spacial score (nSPS) is 29.8. The number of rotatable bonds is 4. The topological polar surface area (TPSA) is 46.2 Å². The zero-order valence-electron chi connectivity index (χ0n) is 10.7. The van der Waals surface area contributed by atoms with Crippen molar-refractivity contribution in [2.24, 2.45) is 11.8 Å². The van der Waals surface area contributed by atoms with Crippen LogP contribution in [0.3, 0.4) is 0 Å². The SMILES string of the molecule is O=S(=O)(Cc1ccccc1Cl)NC1CC2CCC1C2. The highest BCUT2D eigenvalue weighted by Gasteiger charge is 2.41. The van der Waals surface area contributed by atoms with Gasteiger partial charge in [0.1, 0.15) is 0 Å². The van der Waals surface area contributed by atoms with Gasteiger partial charge >= 0.3 is 0 Å². The molecule has 2 aliphatic carbocycles. The third kappa shape index (κ3) is 2.96. The van der Waals surface area contributed by atoms with Gasteiger partial charge < -0.3 is 0 Å². The summed E-state index contributed by atoms with van der Waals surface area (Å²) < 4.78 is 27.3. The molecule has 0 saturated heterocycles. The molecule has 1 aromatic carbocycles. The molecule has 0 radical (unpaired) electrons. The molecule has 19 heavy (non-hydrogen) atoms. The second-order valence-electron chi connectivity index (χ2n) is 5.75. The highest BCUT2D eigenvalue weighted by atomic mass is 35.5. The molecule has 3 atom stereocenters. The minimum Gasteiger partial charge on any atom is -0.212 e. The van der Waals surface area contributed by atoms with E-state index in [1.165, 1.54) is 19.3 Å². The summed E-state index contributed by atoms with van der Waals surface area (Å²) in [5, 5.41) is 0.515. The Kier molecular flexibility index (Phi) is 3.58. The molecule has 3 rings (SSSR count).